The molecular formula is C17H18FN3O2S. The van der Waals surface area contributed by atoms with E-state index in [0.717, 1.165) is 11.0 Å². The second-order valence-corrected chi connectivity index (χ2v) is 7.58. The number of aromatic nitrogens is 2. The Morgan fingerprint density at radius 1 is 1.21 bits per heavy atom. The van der Waals surface area contributed by atoms with Crippen LogP contribution in [0, 0.1) is 12.7 Å². The molecule has 0 saturated heterocycles. The third kappa shape index (κ3) is 3.80. The van der Waals surface area contributed by atoms with Crippen LogP contribution in [0.3, 0.4) is 0 Å². The first-order chi connectivity index (χ1) is 11.4. The van der Waals surface area contributed by atoms with Gasteiger partial charge < -0.3 is 4.57 Å². The van der Waals surface area contributed by atoms with Gasteiger partial charge in [-0.1, -0.05) is 24.3 Å². The number of rotatable bonds is 6. The molecule has 24 heavy (non-hydrogen) atoms. The molecule has 5 nitrogen and oxygen atoms in total. The second-order valence-electron chi connectivity index (χ2n) is 5.65. The van der Waals surface area contributed by atoms with Crippen molar-refractivity contribution in [3.05, 3.63) is 65.7 Å². The number of imidazole rings is 1. The molecule has 0 aliphatic rings. The van der Waals surface area contributed by atoms with E-state index >= 15 is 0 Å². The lowest BCUT2D eigenvalue weighted by atomic mass is 10.1. The molecule has 126 valence electrons. The van der Waals surface area contributed by atoms with Gasteiger partial charge in [-0.3, -0.25) is 0 Å². The SMILES string of the molecule is Cc1ccc(CNS(=O)(=O)CCn2cnc3ccccc32)cc1F. The molecule has 0 radical (unpaired) electrons. The Bertz CT molecular complexity index is 967. The van der Waals surface area contributed by atoms with Gasteiger partial charge in [0, 0.05) is 13.1 Å². The first-order valence-corrected chi connectivity index (χ1v) is 9.22. The van der Waals surface area contributed by atoms with Crippen molar-refractivity contribution in [2.45, 2.75) is 20.0 Å². The summed E-state index contributed by atoms with van der Waals surface area (Å²) in [6.45, 7) is 2.04. The normalized spacial score (nSPS) is 11.9. The highest BCUT2D eigenvalue weighted by molar-refractivity contribution is 7.89. The van der Waals surface area contributed by atoms with Crippen LogP contribution in [0.2, 0.25) is 0 Å². The van der Waals surface area contributed by atoms with Crippen molar-refractivity contribution >= 4 is 21.1 Å². The molecular weight excluding hydrogens is 329 g/mol. The lowest BCUT2D eigenvalue weighted by molar-refractivity contribution is 0.574. The van der Waals surface area contributed by atoms with Crippen LogP contribution in [0.15, 0.2) is 48.8 Å². The average molecular weight is 347 g/mol. The minimum Gasteiger partial charge on any atom is -0.330 e. The highest BCUT2D eigenvalue weighted by Gasteiger charge is 2.12. The first-order valence-electron chi connectivity index (χ1n) is 7.57. The van der Waals surface area contributed by atoms with E-state index in [2.05, 4.69) is 9.71 Å². The van der Waals surface area contributed by atoms with Crippen molar-refractivity contribution in [1.82, 2.24) is 14.3 Å². The van der Waals surface area contributed by atoms with E-state index in [1.165, 1.54) is 6.07 Å². The number of nitrogens with one attached hydrogen (secondary N) is 1. The molecule has 1 N–H and O–H groups in total. The summed E-state index contributed by atoms with van der Waals surface area (Å²) in [6.07, 6.45) is 1.63. The molecule has 1 heterocycles. The predicted octanol–water partition coefficient (Wildman–Crippen LogP) is 2.60. The summed E-state index contributed by atoms with van der Waals surface area (Å²) in [5, 5.41) is 0. The summed E-state index contributed by atoms with van der Waals surface area (Å²) < 4.78 is 42.1. The number of sulfonamides is 1. The van der Waals surface area contributed by atoms with Gasteiger partial charge in [-0.05, 0) is 36.2 Å². The number of hydrogen-bond acceptors (Lipinski definition) is 3. The van der Waals surface area contributed by atoms with Crippen molar-refractivity contribution < 1.29 is 12.8 Å². The Kier molecular flexibility index (Phi) is 4.64. The van der Waals surface area contributed by atoms with Gasteiger partial charge in [-0.2, -0.15) is 0 Å². The molecule has 0 fully saturated rings. The maximum atomic E-state index is 13.5. The lowest BCUT2D eigenvalue weighted by Crippen LogP contribution is -2.28. The Balaban J connectivity index is 1.62. The molecule has 0 saturated carbocycles. The highest BCUT2D eigenvalue weighted by atomic mass is 32.2. The maximum Gasteiger partial charge on any atom is 0.213 e. The highest BCUT2D eigenvalue weighted by Crippen LogP contribution is 2.12. The summed E-state index contributed by atoms with van der Waals surface area (Å²) >= 11 is 0. The molecule has 7 heteroatoms. The third-order valence-corrected chi connectivity index (χ3v) is 5.16. The zero-order chi connectivity index (χ0) is 17.2. The number of hydrogen-bond donors (Lipinski definition) is 1. The van der Waals surface area contributed by atoms with Crippen LogP contribution in [-0.2, 0) is 23.1 Å². The number of halogens is 1. The quantitative estimate of drug-likeness (QED) is 0.745. The number of para-hydroxylation sites is 2. The van der Waals surface area contributed by atoms with E-state index in [1.807, 2.05) is 24.3 Å². The van der Waals surface area contributed by atoms with Crippen LogP contribution < -0.4 is 4.72 Å². The van der Waals surface area contributed by atoms with Gasteiger partial charge in [0.1, 0.15) is 5.82 Å². The molecule has 1 aromatic heterocycles. The second kappa shape index (κ2) is 6.70. The first kappa shape index (κ1) is 16.6. The number of nitrogens with zero attached hydrogens (tertiary/aromatic N) is 2. The van der Waals surface area contributed by atoms with Crippen LogP contribution in [0.4, 0.5) is 4.39 Å². The van der Waals surface area contributed by atoms with Gasteiger partial charge in [0.25, 0.3) is 0 Å². The largest absolute Gasteiger partial charge is 0.330 e. The molecule has 0 unspecified atom stereocenters. The van der Waals surface area contributed by atoms with Gasteiger partial charge in [0.15, 0.2) is 0 Å². The summed E-state index contributed by atoms with van der Waals surface area (Å²) in [5.41, 5.74) is 2.86. The summed E-state index contributed by atoms with van der Waals surface area (Å²) in [6, 6.07) is 12.3. The average Bonchev–Trinajstić information content (AvgIpc) is 2.98. The molecule has 0 aliphatic heterocycles. The van der Waals surface area contributed by atoms with Gasteiger partial charge in [0.05, 0.1) is 23.1 Å². The summed E-state index contributed by atoms with van der Waals surface area (Å²) in [7, 11) is -3.47. The Hall–Kier alpha value is -2.25. The minimum absolute atomic E-state index is 0.0678. The minimum atomic E-state index is -3.47. The molecule has 3 aromatic rings. The predicted molar refractivity (Wildman–Crippen MR) is 91.5 cm³/mol. The molecule has 0 atom stereocenters. The maximum absolute atomic E-state index is 13.5. The fourth-order valence-corrected chi connectivity index (χ4v) is 3.39. The molecule has 3 rings (SSSR count). The van der Waals surface area contributed by atoms with Crippen LogP contribution in [0.1, 0.15) is 11.1 Å². The van der Waals surface area contributed by atoms with E-state index in [1.54, 1.807) is 30.0 Å². The van der Waals surface area contributed by atoms with Crippen LogP contribution >= 0.6 is 0 Å². The number of fused-ring (bicyclic) bond motifs is 1. The van der Waals surface area contributed by atoms with Crippen molar-refractivity contribution in [3.63, 3.8) is 0 Å². The van der Waals surface area contributed by atoms with E-state index in [0.29, 0.717) is 17.7 Å². The van der Waals surface area contributed by atoms with Gasteiger partial charge in [-0.15, -0.1) is 0 Å². The van der Waals surface area contributed by atoms with Crippen molar-refractivity contribution in [2.75, 3.05) is 5.75 Å². The van der Waals surface area contributed by atoms with Gasteiger partial charge in [0.2, 0.25) is 10.0 Å². The smallest absolute Gasteiger partial charge is 0.213 e. The van der Waals surface area contributed by atoms with E-state index in [4.69, 9.17) is 0 Å². The standard InChI is InChI=1S/C17H18FN3O2S/c1-13-6-7-14(10-15(13)18)11-20-24(22,23)9-8-21-12-19-16-4-2-3-5-17(16)21/h2-7,10,12,20H,8-9,11H2,1H3. The van der Waals surface area contributed by atoms with E-state index < -0.39 is 10.0 Å². The third-order valence-electron chi connectivity index (χ3n) is 3.86. The molecule has 0 bridgehead atoms. The number of benzene rings is 2. The number of aryl methyl sites for hydroxylation is 2. The van der Waals surface area contributed by atoms with Crippen LogP contribution in [-0.4, -0.2) is 23.7 Å². The van der Waals surface area contributed by atoms with E-state index in [9.17, 15) is 12.8 Å². The van der Waals surface area contributed by atoms with Crippen LogP contribution in [0.5, 0.6) is 0 Å². The van der Waals surface area contributed by atoms with Crippen LogP contribution in [0.25, 0.3) is 11.0 Å². The van der Waals surface area contributed by atoms with Crippen molar-refractivity contribution in [2.24, 2.45) is 0 Å². The fourth-order valence-electron chi connectivity index (χ4n) is 2.42. The Morgan fingerprint density at radius 3 is 2.79 bits per heavy atom. The zero-order valence-corrected chi connectivity index (χ0v) is 14.1. The zero-order valence-electron chi connectivity index (χ0n) is 13.2. The monoisotopic (exact) mass is 347 g/mol. The topological polar surface area (TPSA) is 64.0 Å². The summed E-state index contributed by atoms with van der Waals surface area (Å²) in [5.74, 6) is -0.404. The van der Waals surface area contributed by atoms with Gasteiger partial charge in [-0.25, -0.2) is 22.5 Å². The Morgan fingerprint density at radius 2 is 2.00 bits per heavy atom. The van der Waals surface area contributed by atoms with E-state index in [-0.39, 0.29) is 18.1 Å². The van der Waals surface area contributed by atoms with Crippen molar-refractivity contribution in [3.8, 4) is 0 Å². The lowest BCUT2D eigenvalue weighted by Gasteiger charge is -2.09. The summed E-state index contributed by atoms with van der Waals surface area (Å²) in [4.78, 5) is 4.24. The van der Waals surface area contributed by atoms with Crippen molar-refractivity contribution in [1.29, 1.82) is 0 Å². The molecule has 0 aliphatic carbocycles. The molecule has 0 spiro atoms. The fraction of sp³-hybridized carbons (Fsp3) is 0.235. The molecule has 0 amide bonds. The van der Waals surface area contributed by atoms with Gasteiger partial charge >= 0.3 is 0 Å². The molecule has 2 aromatic carbocycles. The Labute approximate surface area is 140 Å².